The zero-order valence-electron chi connectivity index (χ0n) is 9.69. The fraction of sp³-hybridized carbons (Fsp3) is 0.615. The summed E-state index contributed by atoms with van der Waals surface area (Å²) in [7, 11) is 0. The lowest BCUT2D eigenvalue weighted by atomic mass is 9.93. The van der Waals surface area contributed by atoms with Gasteiger partial charge < -0.3 is 5.11 Å². The van der Waals surface area contributed by atoms with E-state index in [9.17, 15) is 5.11 Å². The maximum atomic E-state index is 9.98. The first-order valence-electron chi connectivity index (χ1n) is 5.83. The quantitative estimate of drug-likeness (QED) is 0.727. The lowest BCUT2D eigenvalue weighted by Crippen LogP contribution is -2.15. The van der Waals surface area contributed by atoms with Crippen LogP contribution in [0.1, 0.15) is 51.0 Å². The van der Waals surface area contributed by atoms with Crippen LogP contribution in [-0.2, 0) is 0 Å². The Kier molecular flexibility index (Phi) is 5.33. The van der Waals surface area contributed by atoms with Crippen LogP contribution in [0.15, 0.2) is 24.5 Å². The van der Waals surface area contributed by atoms with Crippen LogP contribution in [0.25, 0.3) is 0 Å². The molecule has 0 radical (unpaired) electrons. The van der Waals surface area contributed by atoms with Gasteiger partial charge in [-0.15, -0.1) is 0 Å². The molecule has 2 atom stereocenters. The van der Waals surface area contributed by atoms with Gasteiger partial charge in [0, 0.05) is 18.3 Å². The molecule has 0 amide bonds. The Balaban J connectivity index is 2.42. The average Bonchev–Trinajstić information content (AvgIpc) is 2.29. The summed E-state index contributed by atoms with van der Waals surface area (Å²) < 4.78 is 0. The highest BCUT2D eigenvalue weighted by Gasteiger charge is 2.15. The maximum absolute atomic E-state index is 9.98. The number of hydrogen-bond acceptors (Lipinski definition) is 2. The minimum absolute atomic E-state index is 0.213. The molecule has 0 aliphatic rings. The van der Waals surface area contributed by atoms with Crippen molar-refractivity contribution in [1.82, 2.24) is 4.98 Å². The SMILES string of the molecule is CCCCCC(O)C(C)c1ccncc1. The van der Waals surface area contributed by atoms with Gasteiger partial charge in [0.2, 0.25) is 0 Å². The first-order valence-corrected chi connectivity index (χ1v) is 5.83. The molecule has 1 aromatic rings. The zero-order valence-corrected chi connectivity index (χ0v) is 9.69. The van der Waals surface area contributed by atoms with Gasteiger partial charge in [-0.1, -0.05) is 33.1 Å². The van der Waals surface area contributed by atoms with Gasteiger partial charge in [0.15, 0.2) is 0 Å². The Morgan fingerprint density at radius 1 is 1.27 bits per heavy atom. The molecule has 1 rings (SSSR count). The van der Waals surface area contributed by atoms with Gasteiger partial charge in [-0.25, -0.2) is 0 Å². The van der Waals surface area contributed by atoms with Gasteiger partial charge in [0.05, 0.1) is 6.10 Å². The third kappa shape index (κ3) is 4.00. The number of aliphatic hydroxyl groups excluding tert-OH is 1. The van der Waals surface area contributed by atoms with Gasteiger partial charge in [-0.3, -0.25) is 4.98 Å². The number of pyridine rings is 1. The molecule has 2 heteroatoms. The van der Waals surface area contributed by atoms with E-state index in [1.165, 1.54) is 18.4 Å². The second-order valence-corrected chi connectivity index (χ2v) is 4.13. The normalized spacial score (nSPS) is 14.9. The second kappa shape index (κ2) is 6.57. The molecule has 1 N–H and O–H groups in total. The predicted molar refractivity (Wildman–Crippen MR) is 62.8 cm³/mol. The highest BCUT2D eigenvalue weighted by Crippen LogP contribution is 2.21. The van der Waals surface area contributed by atoms with Crippen LogP contribution in [-0.4, -0.2) is 16.2 Å². The lowest BCUT2D eigenvalue weighted by Gasteiger charge is -2.18. The van der Waals surface area contributed by atoms with Crippen molar-refractivity contribution in [1.29, 1.82) is 0 Å². The molecule has 84 valence electrons. The molecule has 0 aromatic carbocycles. The number of nitrogens with zero attached hydrogens (tertiary/aromatic N) is 1. The Morgan fingerprint density at radius 3 is 2.53 bits per heavy atom. The first-order chi connectivity index (χ1) is 7.25. The van der Waals surface area contributed by atoms with Crippen molar-refractivity contribution in [3.63, 3.8) is 0 Å². The molecule has 0 fully saturated rings. The molecular weight excluding hydrogens is 186 g/mol. The lowest BCUT2D eigenvalue weighted by molar-refractivity contribution is 0.136. The van der Waals surface area contributed by atoms with Crippen molar-refractivity contribution in [2.24, 2.45) is 0 Å². The van der Waals surface area contributed by atoms with E-state index in [2.05, 4.69) is 18.8 Å². The summed E-state index contributed by atoms with van der Waals surface area (Å²) in [6.45, 7) is 4.25. The van der Waals surface area contributed by atoms with Crippen molar-refractivity contribution in [3.8, 4) is 0 Å². The predicted octanol–water partition coefficient (Wildman–Crippen LogP) is 3.13. The number of unbranched alkanes of at least 4 members (excludes halogenated alkanes) is 2. The maximum Gasteiger partial charge on any atom is 0.0606 e. The molecule has 0 spiro atoms. The number of aliphatic hydroxyl groups is 1. The van der Waals surface area contributed by atoms with Gasteiger partial charge in [-0.05, 0) is 24.1 Å². The molecule has 2 unspecified atom stereocenters. The van der Waals surface area contributed by atoms with Crippen LogP contribution in [0.3, 0.4) is 0 Å². The van der Waals surface area contributed by atoms with Crippen LogP contribution < -0.4 is 0 Å². The third-order valence-electron chi connectivity index (χ3n) is 2.91. The Hall–Kier alpha value is -0.890. The topological polar surface area (TPSA) is 33.1 Å². The van der Waals surface area contributed by atoms with E-state index < -0.39 is 0 Å². The smallest absolute Gasteiger partial charge is 0.0606 e. The van der Waals surface area contributed by atoms with Crippen molar-refractivity contribution >= 4 is 0 Å². The molecule has 0 saturated heterocycles. The largest absolute Gasteiger partial charge is 0.393 e. The van der Waals surface area contributed by atoms with Crippen LogP contribution >= 0.6 is 0 Å². The molecule has 1 heterocycles. The fourth-order valence-corrected chi connectivity index (χ4v) is 1.74. The first kappa shape index (κ1) is 12.2. The fourth-order valence-electron chi connectivity index (χ4n) is 1.74. The van der Waals surface area contributed by atoms with Crippen molar-refractivity contribution in [2.45, 2.75) is 51.6 Å². The number of rotatable bonds is 6. The van der Waals surface area contributed by atoms with Crippen LogP contribution in [0.2, 0.25) is 0 Å². The molecular formula is C13H21NO. The van der Waals surface area contributed by atoms with E-state index in [4.69, 9.17) is 0 Å². The minimum atomic E-state index is -0.223. The van der Waals surface area contributed by atoms with Gasteiger partial charge in [0.1, 0.15) is 0 Å². The molecule has 15 heavy (non-hydrogen) atoms. The van der Waals surface area contributed by atoms with Crippen molar-refractivity contribution in [2.75, 3.05) is 0 Å². The zero-order chi connectivity index (χ0) is 11.1. The molecule has 1 aromatic heterocycles. The number of hydrogen-bond donors (Lipinski definition) is 1. The monoisotopic (exact) mass is 207 g/mol. The van der Waals surface area contributed by atoms with Crippen LogP contribution in [0.4, 0.5) is 0 Å². The summed E-state index contributed by atoms with van der Waals surface area (Å²) >= 11 is 0. The van der Waals surface area contributed by atoms with E-state index in [1.807, 2.05) is 12.1 Å². The van der Waals surface area contributed by atoms with E-state index >= 15 is 0 Å². The minimum Gasteiger partial charge on any atom is -0.393 e. The standard InChI is InChI=1S/C13H21NO/c1-3-4-5-6-13(15)11(2)12-7-9-14-10-8-12/h7-11,13,15H,3-6H2,1-2H3. The summed E-state index contributed by atoms with van der Waals surface area (Å²) in [5, 5.41) is 9.98. The molecule has 0 bridgehead atoms. The van der Waals surface area contributed by atoms with E-state index in [0.29, 0.717) is 0 Å². The second-order valence-electron chi connectivity index (χ2n) is 4.13. The summed E-state index contributed by atoms with van der Waals surface area (Å²) in [6, 6.07) is 3.96. The van der Waals surface area contributed by atoms with Crippen molar-refractivity contribution < 1.29 is 5.11 Å². The summed E-state index contributed by atoms with van der Waals surface area (Å²) in [4.78, 5) is 3.98. The van der Waals surface area contributed by atoms with E-state index in [1.54, 1.807) is 12.4 Å². The highest BCUT2D eigenvalue weighted by molar-refractivity contribution is 5.16. The molecule has 0 saturated carbocycles. The Labute approximate surface area is 92.4 Å². The van der Waals surface area contributed by atoms with E-state index in [0.717, 1.165) is 12.8 Å². The average molecular weight is 207 g/mol. The van der Waals surface area contributed by atoms with Crippen LogP contribution in [0, 0.1) is 0 Å². The third-order valence-corrected chi connectivity index (χ3v) is 2.91. The van der Waals surface area contributed by atoms with E-state index in [-0.39, 0.29) is 12.0 Å². The molecule has 2 nitrogen and oxygen atoms in total. The summed E-state index contributed by atoms with van der Waals surface area (Å²) in [5.41, 5.74) is 1.17. The van der Waals surface area contributed by atoms with Crippen LogP contribution in [0.5, 0.6) is 0 Å². The number of aromatic nitrogens is 1. The Morgan fingerprint density at radius 2 is 1.93 bits per heavy atom. The summed E-state index contributed by atoms with van der Waals surface area (Å²) in [6.07, 6.45) is 7.77. The van der Waals surface area contributed by atoms with Gasteiger partial charge >= 0.3 is 0 Å². The van der Waals surface area contributed by atoms with Crippen molar-refractivity contribution in [3.05, 3.63) is 30.1 Å². The van der Waals surface area contributed by atoms with Gasteiger partial charge in [-0.2, -0.15) is 0 Å². The van der Waals surface area contributed by atoms with Gasteiger partial charge in [0.25, 0.3) is 0 Å². The highest BCUT2D eigenvalue weighted by atomic mass is 16.3. The summed E-state index contributed by atoms with van der Waals surface area (Å²) in [5.74, 6) is 0.213. The molecule has 0 aliphatic heterocycles. The molecule has 0 aliphatic carbocycles. The Bertz CT molecular complexity index is 260.